The standard InChI is InChI=1S/C11H22N2O/c1-8(2)7-13-11(14)10-5-4-6-12-9(10)3/h8-10,12H,4-7H2,1-3H3,(H,13,14). The molecule has 3 nitrogen and oxygen atoms in total. The number of hydrogen-bond donors (Lipinski definition) is 2. The Morgan fingerprint density at radius 3 is 2.86 bits per heavy atom. The SMILES string of the molecule is CC(C)CNC(=O)C1CCCNC1C. The van der Waals surface area contributed by atoms with Crippen LogP contribution < -0.4 is 10.6 Å². The second-order valence-corrected chi connectivity index (χ2v) is 4.63. The van der Waals surface area contributed by atoms with Gasteiger partial charge in [0.15, 0.2) is 0 Å². The molecule has 1 aliphatic heterocycles. The summed E-state index contributed by atoms with van der Waals surface area (Å²) >= 11 is 0. The summed E-state index contributed by atoms with van der Waals surface area (Å²) in [5.41, 5.74) is 0. The van der Waals surface area contributed by atoms with Gasteiger partial charge in [-0.15, -0.1) is 0 Å². The molecule has 1 fully saturated rings. The molecule has 0 aromatic rings. The lowest BCUT2D eigenvalue weighted by atomic mass is 9.91. The van der Waals surface area contributed by atoms with Gasteiger partial charge < -0.3 is 10.6 Å². The van der Waals surface area contributed by atoms with Gasteiger partial charge in [-0.2, -0.15) is 0 Å². The van der Waals surface area contributed by atoms with E-state index in [2.05, 4.69) is 31.4 Å². The predicted octanol–water partition coefficient (Wildman–Crippen LogP) is 1.15. The highest BCUT2D eigenvalue weighted by Gasteiger charge is 2.26. The third-order valence-electron chi connectivity index (χ3n) is 2.78. The molecule has 2 atom stereocenters. The molecule has 0 saturated carbocycles. The lowest BCUT2D eigenvalue weighted by molar-refractivity contribution is -0.126. The summed E-state index contributed by atoms with van der Waals surface area (Å²) in [5, 5.41) is 6.34. The molecule has 2 N–H and O–H groups in total. The smallest absolute Gasteiger partial charge is 0.224 e. The summed E-state index contributed by atoms with van der Waals surface area (Å²) in [6.07, 6.45) is 2.14. The zero-order valence-electron chi connectivity index (χ0n) is 9.47. The van der Waals surface area contributed by atoms with E-state index in [9.17, 15) is 4.79 Å². The number of carbonyl (C=O) groups excluding carboxylic acids is 1. The molecule has 14 heavy (non-hydrogen) atoms. The van der Waals surface area contributed by atoms with Gasteiger partial charge in [0.1, 0.15) is 0 Å². The second kappa shape index (κ2) is 5.35. The molecule has 1 aliphatic rings. The van der Waals surface area contributed by atoms with Crippen LogP contribution in [-0.2, 0) is 4.79 Å². The van der Waals surface area contributed by atoms with Crippen LogP contribution in [0.25, 0.3) is 0 Å². The highest BCUT2D eigenvalue weighted by molar-refractivity contribution is 5.79. The van der Waals surface area contributed by atoms with Crippen LogP contribution in [0.5, 0.6) is 0 Å². The fraction of sp³-hybridized carbons (Fsp3) is 0.909. The van der Waals surface area contributed by atoms with Crippen LogP contribution >= 0.6 is 0 Å². The average molecular weight is 198 g/mol. The predicted molar refractivity (Wildman–Crippen MR) is 58.0 cm³/mol. The molecule has 1 amide bonds. The maximum absolute atomic E-state index is 11.8. The zero-order chi connectivity index (χ0) is 10.6. The first kappa shape index (κ1) is 11.5. The largest absolute Gasteiger partial charge is 0.356 e. The Kier molecular flexibility index (Phi) is 4.39. The van der Waals surface area contributed by atoms with Crippen molar-refractivity contribution in [1.29, 1.82) is 0 Å². The molecule has 0 spiro atoms. The average Bonchev–Trinajstić information content (AvgIpc) is 2.15. The third-order valence-corrected chi connectivity index (χ3v) is 2.78. The van der Waals surface area contributed by atoms with Crippen LogP contribution in [0.1, 0.15) is 33.6 Å². The van der Waals surface area contributed by atoms with Gasteiger partial charge in [0, 0.05) is 12.6 Å². The van der Waals surface area contributed by atoms with Crippen molar-refractivity contribution in [1.82, 2.24) is 10.6 Å². The molecule has 0 aromatic heterocycles. The fourth-order valence-electron chi connectivity index (χ4n) is 1.84. The summed E-state index contributed by atoms with van der Waals surface area (Å²) < 4.78 is 0. The fourth-order valence-corrected chi connectivity index (χ4v) is 1.84. The Labute approximate surface area is 86.6 Å². The summed E-state index contributed by atoms with van der Waals surface area (Å²) in [6.45, 7) is 8.17. The molecule has 1 saturated heterocycles. The monoisotopic (exact) mass is 198 g/mol. The zero-order valence-corrected chi connectivity index (χ0v) is 9.47. The number of amides is 1. The number of nitrogens with one attached hydrogen (secondary N) is 2. The van der Waals surface area contributed by atoms with Crippen molar-refractivity contribution in [2.75, 3.05) is 13.1 Å². The molecule has 2 unspecified atom stereocenters. The Balaban J connectivity index is 2.34. The van der Waals surface area contributed by atoms with Gasteiger partial charge in [0.05, 0.1) is 5.92 Å². The minimum Gasteiger partial charge on any atom is -0.356 e. The second-order valence-electron chi connectivity index (χ2n) is 4.63. The Hall–Kier alpha value is -0.570. The minimum absolute atomic E-state index is 0.169. The number of hydrogen-bond acceptors (Lipinski definition) is 2. The summed E-state index contributed by atoms with van der Waals surface area (Å²) in [6, 6.07) is 0.330. The maximum Gasteiger partial charge on any atom is 0.224 e. The Morgan fingerprint density at radius 2 is 2.29 bits per heavy atom. The van der Waals surface area contributed by atoms with Gasteiger partial charge in [-0.25, -0.2) is 0 Å². The van der Waals surface area contributed by atoms with Crippen LogP contribution in [0.3, 0.4) is 0 Å². The van der Waals surface area contributed by atoms with Crippen molar-refractivity contribution in [2.45, 2.75) is 39.7 Å². The van der Waals surface area contributed by atoms with Crippen molar-refractivity contribution in [3.05, 3.63) is 0 Å². The van der Waals surface area contributed by atoms with E-state index in [1.807, 2.05) is 0 Å². The van der Waals surface area contributed by atoms with Gasteiger partial charge in [-0.1, -0.05) is 13.8 Å². The van der Waals surface area contributed by atoms with Gasteiger partial charge in [0.25, 0.3) is 0 Å². The van der Waals surface area contributed by atoms with Crippen LogP contribution in [0, 0.1) is 11.8 Å². The molecule has 82 valence electrons. The summed E-state index contributed by atoms with van der Waals surface area (Å²) in [5.74, 6) is 0.923. The molecular formula is C11H22N2O. The van der Waals surface area contributed by atoms with Crippen LogP contribution in [0.4, 0.5) is 0 Å². The first-order valence-electron chi connectivity index (χ1n) is 5.62. The Bertz CT molecular complexity index is 192. The molecule has 0 radical (unpaired) electrons. The topological polar surface area (TPSA) is 41.1 Å². The van der Waals surface area contributed by atoms with E-state index in [1.54, 1.807) is 0 Å². The van der Waals surface area contributed by atoms with Gasteiger partial charge >= 0.3 is 0 Å². The molecular weight excluding hydrogens is 176 g/mol. The van der Waals surface area contributed by atoms with E-state index in [1.165, 1.54) is 0 Å². The molecule has 1 heterocycles. The van der Waals surface area contributed by atoms with E-state index in [0.717, 1.165) is 25.9 Å². The molecule has 3 heteroatoms. The van der Waals surface area contributed by atoms with Crippen LogP contribution in [0.2, 0.25) is 0 Å². The third kappa shape index (κ3) is 3.29. The number of carbonyl (C=O) groups is 1. The van der Waals surface area contributed by atoms with Gasteiger partial charge in [0.2, 0.25) is 5.91 Å². The van der Waals surface area contributed by atoms with E-state index < -0.39 is 0 Å². The van der Waals surface area contributed by atoms with E-state index >= 15 is 0 Å². The van der Waals surface area contributed by atoms with Crippen molar-refractivity contribution >= 4 is 5.91 Å². The summed E-state index contributed by atoms with van der Waals surface area (Å²) in [7, 11) is 0. The highest BCUT2D eigenvalue weighted by Crippen LogP contribution is 2.16. The van der Waals surface area contributed by atoms with Crippen molar-refractivity contribution in [3.8, 4) is 0 Å². The normalized spacial score (nSPS) is 27.7. The van der Waals surface area contributed by atoms with E-state index in [4.69, 9.17) is 0 Å². The molecule has 0 aliphatic carbocycles. The van der Waals surface area contributed by atoms with Crippen molar-refractivity contribution in [3.63, 3.8) is 0 Å². The maximum atomic E-state index is 11.8. The van der Waals surface area contributed by atoms with E-state index in [0.29, 0.717) is 12.0 Å². The lowest BCUT2D eigenvalue weighted by Crippen LogP contribution is -2.47. The lowest BCUT2D eigenvalue weighted by Gasteiger charge is -2.29. The van der Waals surface area contributed by atoms with E-state index in [-0.39, 0.29) is 11.8 Å². The van der Waals surface area contributed by atoms with Gasteiger partial charge in [-0.3, -0.25) is 4.79 Å². The van der Waals surface area contributed by atoms with Crippen molar-refractivity contribution < 1.29 is 4.79 Å². The number of rotatable bonds is 3. The molecule has 1 rings (SSSR count). The quantitative estimate of drug-likeness (QED) is 0.714. The molecule has 0 bridgehead atoms. The summed E-state index contributed by atoms with van der Waals surface area (Å²) in [4.78, 5) is 11.8. The molecule has 0 aromatic carbocycles. The van der Waals surface area contributed by atoms with Gasteiger partial charge in [-0.05, 0) is 32.2 Å². The minimum atomic E-state index is 0.169. The van der Waals surface area contributed by atoms with Crippen molar-refractivity contribution in [2.24, 2.45) is 11.8 Å². The number of piperidine rings is 1. The Morgan fingerprint density at radius 1 is 1.57 bits per heavy atom. The highest BCUT2D eigenvalue weighted by atomic mass is 16.1. The first-order chi connectivity index (χ1) is 6.61. The van der Waals surface area contributed by atoms with Crippen LogP contribution in [0.15, 0.2) is 0 Å². The first-order valence-corrected chi connectivity index (χ1v) is 5.62. The van der Waals surface area contributed by atoms with Crippen LogP contribution in [-0.4, -0.2) is 25.0 Å².